The topological polar surface area (TPSA) is 139 Å². The molecule has 2 aromatic rings. The molecule has 0 aromatic heterocycles. The zero-order valence-electron chi connectivity index (χ0n) is 37.3. The van der Waals surface area contributed by atoms with Gasteiger partial charge in [-0.25, -0.2) is 0 Å². The van der Waals surface area contributed by atoms with Gasteiger partial charge in [0.25, 0.3) is 0 Å². The molecule has 2 rings (SSSR count). The van der Waals surface area contributed by atoms with Crippen LogP contribution < -0.4 is 10.2 Å². The number of carbonyl (C=O) groups is 2. The van der Waals surface area contributed by atoms with Gasteiger partial charge >= 0.3 is 48.9 Å². The van der Waals surface area contributed by atoms with E-state index in [0.717, 1.165) is 167 Å². The molecule has 4 atom stereocenters. The van der Waals surface area contributed by atoms with E-state index in [9.17, 15) is 30.0 Å². The van der Waals surface area contributed by atoms with Gasteiger partial charge in [0.2, 0.25) is 0 Å². The largest absolute Gasteiger partial charge is 2.00 e. The molecule has 0 aliphatic carbocycles. The van der Waals surface area contributed by atoms with Crippen molar-refractivity contribution < 1.29 is 39.5 Å². The van der Waals surface area contributed by atoms with Gasteiger partial charge < -0.3 is 39.5 Å². The molecule has 59 heavy (non-hydrogen) atoms. The van der Waals surface area contributed by atoms with Crippen LogP contribution in [0.25, 0.3) is 0 Å². The van der Waals surface area contributed by atoms with E-state index in [1.165, 1.54) is 11.1 Å². The first-order chi connectivity index (χ1) is 28.2. The van der Waals surface area contributed by atoms with Crippen molar-refractivity contribution in [1.29, 1.82) is 0 Å². The minimum atomic E-state index is -0.945. The van der Waals surface area contributed by atoms with Gasteiger partial charge in [0.1, 0.15) is 0 Å². The molecule has 0 aliphatic rings. The molecule has 9 heteroatoms. The van der Waals surface area contributed by atoms with Crippen LogP contribution in [-0.4, -0.2) is 95.4 Å². The van der Waals surface area contributed by atoms with Gasteiger partial charge in [-0.3, -0.25) is 0 Å². The zero-order chi connectivity index (χ0) is 42.3. The number of carboxylic acids is 2. The molecule has 0 amide bonds. The average Bonchev–Trinajstić information content (AvgIpc) is 3.22. The first kappa shape index (κ1) is 57.8. The Kier molecular flexibility index (Phi) is 41.2. The SMILES string of the molecule is CCCCC(O)CCCCC(CCCCCCCC(=O)[O-])OCc1ccccc1.CCCCC(O)CCCCC(CCCCCCCC(=O)[O-])OCc1ccccc1.[Ba+2]. The second kappa shape index (κ2) is 42.1. The Labute approximate surface area is 400 Å². The summed E-state index contributed by atoms with van der Waals surface area (Å²) in [5.41, 5.74) is 2.41. The fourth-order valence-electron chi connectivity index (χ4n) is 7.21. The maximum Gasteiger partial charge on any atom is 2.00 e. The van der Waals surface area contributed by atoms with Gasteiger partial charge in [0.05, 0.1) is 37.6 Å². The van der Waals surface area contributed by atoms with Gasteiger partial charge in [-0.1, -0.05) is 177 Å². The number of carboxylic acid groups (broad SMARTS) is 2. The predicted molar refractivity (Wildman–Crippen MR) is 238 cm³/mol. The van der Waals surface area contributed by atoms with Gasteiger partial charge in [-0.15, -0.1) is 0 Å². The Morgan fingerprint density at radius 3 is 1.08 bits per heavy atom. The van der Waals surface area contributed by atoms with E-state index in [2.05, 4.69) is 38.1 Å². The van der Waals surface area contributed by atoms with Crippen LogP contribution in [0.4, 0.5) is 0 Å². The van der Waals surface area contributed by atoms with Crippen LogP contribution in [-0.2, 0) is 32.3 Å². The predicted octanol–water partition coefficient (Wildman–Crippen LogP) is 9.95. The molecule has 0 fully saturated rings. The van der Waals surface area contributed by atoms with E-state index < -0.39 is 11.9 Å². The molecule has 0 saturated carbocycles. The Morgan fingerprint density at radius 1 is 0.458 bits per heavy atom. The molecular weight excluding hydrogens is 866 g/mol. The molecule has 4 unspecified atom stereocenters. The van der Waals surface area contributed by atoms with Crippen LogP contribution in [0, 0.1) is 0 Å². The summed E-state index contributed by atoms with van der Waals surface area (Å²) < 4.78 is 12.4. The van der Waals surface area contributed by atoms with Gasteiger partial charge in [0, 0.05) is 11.9 Å². The maximum absolute atomic E-state index is 10.4. The number of aliphatic hydroxyl groups is 2. The van der Waals surface area contributed by atoms with E-state index in [4.69, 9.17) is 9.47 Å². The molecule has 0 aliphatic heterocycles. The first-order valence-corrected chi connectivity index (χ1v) is 23.3. The molecule has 332 valence electrons. The summed E-state index contributed by atoms with van der Waals surface area (Å²) in [7, 11) is 0. The van der Waals surface area contributed by atoms with Crippen LogP contribution in [0.3, 0.4) is 0 Å². The molecule has 0 saturated heterocycles. The van der Waals surface area contributed by atoms with E-state index in [0.29, 0.717) is 13.2 Å². The zero-order valence-corrected chi connectivity index (χ0v) is 41.8. The minimum absolute atomic E-state index is 0. The third-order valence-corrected chi connectivity index (χ3v) is 10.9. The molecule has 2 aromatic carbocycles. The number of hydrogen-bond donors (Lipinski definition) is 2. The number of aliphatic hydroxyl groups excluding tert-OH is 2. The van der Waals surface area contributed by atoms with Crippen LogP contribution in [0.1, 0.15) is 205 Å². The van der Waals surface area contributed by atoms with Crippen molar-refractivity contribution in [3.63, 3.8) is 0 Å². The third kappa shape index (κ3) is 38.2. The molecule has 0 spiro atoms. The first-order valence-electron chi connectivity index (χ1n) is 23.3. The van der Waals surface area contributed by atoms with Crippen LogP contribution in [0.2, 0.25) is 0 Å². The number of rotatable bonds is 38. The summed E-state index contributed by atoms with van der Waals surface area (Å²) in [6.07, 6.45) is 27.1. The summed E-state index contributed by atoms with van der Waals surface area (Å²) in [5.74, 6) is -1.89. The van der Waals surface area contributed by atoms with Gasteiger partial charge in [-0.05, 0) is 88.2 Å². The molecule has 0 bridgehead atoms. The number of aliphatic carboxylic acids is 2. The van der Waals surface area contributed by atoms with Crippen molar-refractivity contribution in [2.45, 2.75) is 231 Å². The van der Waals surface area contributed by atoms with E-state index in [-0.39, 0.29) is 86.1 Å². The Morgan fingerprint density at radius 2 is 0.746 bits per heavy atom. The van der Waals surface area contributed by atoms with E-state index in [1.54, 1.807) is 0 Å². The fraction of sp³-hybridized carbons (Fsp3) is 0.720. The number of carbonyl (C=O) groups excluding carboxylic acids is 2. The standard InChI is InChI=1S/2C25H42O4.Ba/c2*1-2-3-16-23(26)17-12-13-19-24(29-21-22-14-8-7-9-15-22)18-10-5-4-6-11-20-25(27)28;/h2*7-9,14-15,23-24,26H,2-6,10-13,16-21H2,1H3,(H,27,28);/q;;+2/p-2. The average molecular weight is 949 g/mol. The second-order valence-corrected chi connectivity index (χ2v) is 16.4. The Hall–Kier alpha value is -1.21. The summed E-state index contributed by atoms with van der Waals surface area (Å²) in [4.78, 5) is 20.9. The van der Waals surface area contributed by atoms with Crippen molar-refractivity contribution in [2.24, 2.45) is 0 Å². The fourth-order valence-corrected chi connectivity index (χ4v) is 7.21. The number of unbranched alkanes of at least 4 members (excludes halogenated alkanes) is 12. The monoisotopic (exact) mass is 949 g/mol. The number of hydrogen-bond acceptors (Lipinski definition) is 8. The summed E-state index contributed by atoms with van der Waals surface area (Å²) in [6.45, 7) is 5.61. The number of ether oxygens (including phenoxy) is 2. The molecule has 8 nitrogen and oxygen atoms in total. The van der Waals surface area contributed by atoms with E-state index >= 15 is 0 Å². The number of benzene rings is 2. The molecule has 0 heterocycles. The van der Waals surface area contributed by atoms with Crippen molar-refractivity contribution in [1.82, 2.24) is 0 Å². The second-order valence-electron chi connectivity index (χ2n) is 16.4. The van der Waals surface area contributed by atoms with Crippen LogP contribution in [0.15, 0.2) is 60.7 Å². The van der Waals surface area contributed by atoms with Crippen molar-refractivity contribution in [2.75, 3.05) is 0 Å². The van der Waals surface area contributed by atoms with Crippen LogP contribution in [0.5, 0.6) is 0 Å². The molecule has 0 radical (unpaired) electrons. The summed E-state index contributed by atoms with van der Waals surface area (Å²) in [5, 5.41) is 40.9. The van der Waals surface area contributed by atoms with Gasteiger partial charge in [-0.2, -0.15) is 0 Å². The summed E-state index contributed by atoms with van der Waals surface area (Å²) in [6, 6.07) is 20.6. The normalized spacial score (nSPS) is 13.1. The Bertz CT molecular complexity index is 1110. The molecular formula is C50H82BaO8. The van der Waals surface area contributed by atoms with Crippen molar-refractivity contribution in [3.05, 3.63) is 71.8 Å². The molecule has 2 N–H and O–H groups in total. The minimum Gasteiger partial charge on any atom is -0.550 e. The third-order valence-electron chi connectivity index (χ3n) is 10.9. The smallest absolute Gasteiger partial charge is 0.550 e. The van der Waals surface area contributed by atoms with E-state index in [1.807, 2.05) is 36.4 Å². The van der Waals surface area contributed by atoms with Crippen molar-refractivity contribution in [3.8, 4) is 0 Å². The van der Waals surface area contributed by atoms with Crippen molar-refractivity contribution >= 4 is 60.8 Å². The Balaban J connectivity index is 0.00000112. The summed E-state index contributed by atoms with van der Waals surface area (Å²) >= 11 is 0. The van der Waals surface area contributed by atoms with Gasteiger partial charge in [0.15, 0.2) is 0 Å². The van der Waals surface area contributed by atoms with Crippen LogP contribution >= 0.6 is 0 Å². The quantitative estimate of drug-likeness (QED) is 0.0501. The maximum atomic E-state index is 10.4.